The number of carbonyl (C=O) groups is 1. The number of aryl methyl sites for hydroxylation is 1. The van der Waals surface area contributed by atoms with Gasteiger partial charge in [-0.1, -0.05) is 28.1 Å². The molecule has 3 rings (SSSR count). The number of aromatic nitrogens is 4. The second-order valence-corrected chi connectivity index (χ2v) is 6.05. The van der Waals surface area contributed by atoms with Gasteiger partial charge in [-0.25, -0.2) is 9.36 Å². The molecule has 2 heterocycles. The first-order valence-corrected chi connectivity index (χ1v) is 7.94. The van der Waals surface area contributed by atoms with Gasteiger partial charge in [-0.05, 0) is 23.8 Å². The molecule has 8 heteroatoms. The Kier molecular flexibility index (Phi) is 4.57. The van der Waals surface area contributed by atoms with Crippen LogP contribution in [0.3, 0.4) is 0 Å². The number of hydrogen-bond acceptors (Lipinski definition) is 4. The van der Waals surface area contributed by atoms with Crippen LogP contribution in [-0.2, 0) is 13.6 Å². The van der Waals surface area contributed by atoms with Crippen LogP contribution in [0.2, 0.25) is 0 Å². The van der Waals surface area contributed by atoms with E-state index in [0.29, 0.717) is 12.4 Å². The number of benzene rings is 1. The largest absolute Gasteiger partial charge is 0.305 e. The third-order valence-electron chi connectivity index (χ3n) is 3.40. The Bertz CT molecular complexity index is 930. The second kappa shape index (κ2) is 6.79. The fraction of sp³-hybridized carbons (Fsp3) is 0.125. The van der Waals surface area contributed by atoms with Gasteiger partial charge in [0.1, 0.15) is 11.5 Å². The maximum absolute atomic E-state index is 12.3. The van der Waals surface area contributed by atoms with E-state index in [4.69, 9.17) is 0 Å². The molecule has 1 N–H and O–H groups in total. The Morgan fingerprint density at radius 2 is 1.92 bits per heavy atom. The minimum Gasteiger partial charge on any atom is -0.305 e. The van der Waals surface area contributed by atoms with E-state index in [1.165, 1.54) is 19.2 Å². The molecule has 0 aliphatic rings. The molecule has 1 aromatic carbocycles. The van der Waals surface area contributed by atoms with Crippen molar-refractivity contribution in [1.82, 2.24) is 19.6 Å². The van der Waals surface area contributed by atoms with Crippen LogP contribution >= 0.6 is 15.9 Å². The molecule has 0 atom stereocenters. The first-order chi connectivity index (χ1) is 11.5. The van der Waals surface area contributed by atoms with Gasteiger partial charge in [-0.2, -0.15) is 10.2 Å². The molecule has 0 unspecified atom stereocenters. The van der Waals surface area contributed by atoms with Gasteiger partial charge in [0.2, 0.25) is 0 Å². The number of anilines is 1. The Morgan fingerprint density at radius 1 is 1.17 bits per heavy atom. The highest BCUT2D eigenvalue weighted by atomic mass is 79.9. The summed E-state index contributed by atoms with van der Waals surface area (Å²) >= 11 is 3.40. The SMILES string of the molecule is Cn1nc(C(=O)Nc2ccnn2Cc2ccc(Br)cc2)ccc1=O. The van der Waals surface area contributed by atoms with Gasteiger partial charge in [-0.15, -0.1) is 0 Å². The molecule has 0 saturated carbocycles. The highest BCUT2D eigenvalue weighted by Crippen LogP contribution is 2.14. The van der Waals surface area contributed by atoms with Gasteiger partial charge >= 0.3 is 0 Å². The number of rotatable bonds is 4. The van der Waals surface area contributed by atoms with E-state index in [2.05, 4.69) is 31.4 Å². The summed E-state index contributed by atoms with van der Waals surface area (Å²) in [6.07, 6.45) is 1.61. The second-order valence-electron chi connectivity index (χ2n) is 5.14. The molecule has 3 aromatic rings. The van der Waals surface area contributed by atoms with Gasteiger partial charge in [0.25, 0.3) is 11.5 Å². The number of carbonyl (C=O) groups excluding carboxylic acids is 1. The summed E-state index contributed by atoms with van der Waals surface area (Å²) in [5.74, 6) is 0.154. The van der Waals surface area contributed by atoms with E-state index >= 15 is 0 Å². The van der Waals surface area contributed by atoms with Gasteiger partial charge in [-0.3, -0.25) is 9.59 Å². The lowest BCUT2D eigenvalue weighted by molar-refractivity contribution is 0.101. The maximum atomic E-state index is 12.3. The van der Waals surface area contributed by atoms with Crippen molar-refractivity contribution < 1.29 is 4.79 Å². The predicted octanol–water partition coefficient (Wildman–Crippen LogP) is 2.04. The fourth-order valence-corrected chi connectivity index (χ4v) is 2.40. The molecule has 1 amide bonds. The summed E-state index contributed by atoms with van der Waals surface area (Å²) in [7, 11) is 1.50. The summed E-state index contributed by atoms with van der Waals surface area (Å²) in [5.41, 5.74) is 0.943. The van der Waals surface area contributed by atoms with Crippen LogP contribution in [0, 0.1) is 0 Å². The van der Waals surface area contributed by atoms with Crippen molar-refractivity contribution in [1.29, 1.82) is 0 Å². The Hall–Kier alpha value is -2.74. The summed E-state index contributed by atoms with van der Waals surface area (Å²) in [4.78, 5) is 23.6. The Balaban J connectivity index is 1.77. The molecule has 122 valence electrons. The highest BCUT2D eigenvalue weighted by Gasteiger charge is 2.12. The van der Waals surface area contributed by atoms with Crippen LogP contribution < -0.4 is 10.9 Å². The third-order valence-corrected chi connectivity index (χ3v) is 3.93. The van der Waals surface area contributed by atoms with E-state index in [-0.39, 0.29) is 11.3 Å². The van der Waals surface area contributed by atoms with Crippen LogP contribution in [0.15, 0.2) is 57.9 Å². The van der Waals surface area contributed by atoms with Crippen LogP contribution in [0.4, 0.5) is 5.82 Å². The number of nitrogens with one attached hydrogen (secondary N) is 1. The number of amides is 1. The highest BCUT2D eigenvalue weighted by molar-refractivity contribution is 9.10. The lowest BCUT2D eigenvalue weighted by Crippen LogP contribution is -2.24. The van der Waals surface area contributed by atoms with Gasteiger partial charge in [0.05, 0.1) is 12.7 Å². The van der Waals surface area contributed by atoms with E-state index in [1.807, 2.05) is 24.3 Å². The van der Waals surface area contributed by atoms with E-state index in [9.17, 15) is 9.59 Å². The van der Waals surface area contributed by atoms with E-state index in [0.717, 1.165) is 14.7 Å². The summed E-state index contributed by atoms with van der Waals surface area (Å²) in [5, 5.41) is 10.9. The first kappa shape index (κ1) is 16.1. The molecule has 0 fully saturated rings. The molecule has 0 radical (unpaired) electrons. The topological polar surface area (TPSA) is 81.8 Å². The third kappa shape index (κ3) is 3.60. The minimum absolute atomic E-state index is 0.161. The van der Waals surface area contributed by atoms with Crippen molar-refractivity contribution >= 4 is 27.7 Å². The van der Waals surface area contributed by atoms with Gasteiger partial charge in [0, 0.05) is 23.7 Å². The van der Waals surface area contributed by atoms with Crippen LogP contribution in [-0.4, -0.2) is 25.5 Å². The zero-order valence-electron chi connectivity index (χ0n) is 12.8. The lowest BCUT2D eigenvalue weighted by Gasteiger charge is -2.09. The first-order valence-electron chi connectivity index (χ1n) is 7.15. The lowest BCUT2D eigenvalue weighted by atomic mass is 10.2. The van der Waals surface area contributed by atoms with Crippen molar-refractivity contribution in [2.45, 2.75) is 6.54 Å². The van der Waals surface area contributed by atoms with Crippen LogP contribution in [0.1, 0.15) is 16.1 Å². The quantitative estimate of drug-likeness (QED) is 0.742. The van der Waals surface area contributed by atoms with Crippen molar-refractivity contribution in [3.05, 3.63) is 74.7 Å². The smallest absolute Gasteiger partial charge is 0.277 e. The normalized spacial score (nSPS) is 10.6. The van der Waals surface area contributed by atoms with Crippen molar-refractivity contribution in [3.63, 3.8) is 0 Å². The molecular formula is C16H14BrN5O2. The molecule has 0 saturated heterocycles. The summed E-state index contributed by atoms with van der Waals surface area (Å²) < 4.78 is 3.80. The van der Waals surface area contributed by atoms with Gasteiger partial charge in [0.15, 0.2) is 0 Å². The van der Waals surface area contributed by atoms with Crippen molar-refractivity contribution in [2.24, 2.45) is 7.05 Å². The minimum atomic E-state index is -0.400. The molecule has 0 aliphatic heterocycles. The molecule has 0 spiro atoms. The number of hydrogen-bond donors (Lipinski definition) is 1. The fourth-order valence-electron chi connectivity index (χ4n) is 2.13. The Morgan fingerprint density at radius 3 is 2.62 bits per heavy atom. The zero-order valence-corrected chi connectivity index (χ0v) is 14.4. The van der Waals surface area contributed by atoms with Crippen molar-refractivity contribution in [2.75, 3.05) is 5.32 Å². The molecular weight excluding hydrogens is 374 g/mol. The molecule has 0 aliphatic carbocycles. The predicted molar refractivity (Wildman–Crippen MR) is 92.9 cm³/mol. The molecule has 7 nitrogen and oxygen atoms in total. The monoisotopic (exact) mass is 387 g/mol. The standard InChI is InChI=1S/C16H14BrN5O2/c1-21-15(23)7-6-13(20-21)16(24)19-14-8-9-18-22(14)10-11-2-4-12(17)5-3-11/h2-9H,10H2,1H3,(H,19,24). The molecule has 0 bridgehead atoms. The average Bonchev–Trinajstić information content (AvgIpc) is 2.99. The Labute approximate surface area is 146 Å². The van der Waals surface area contributed by atoms with Gasteiger partial charge < -0.3 is 5.32 Å². The zero-order chi connectivity index (χ0) is 17.1. The van der Waals surface area contributed by atoms with Crippen LogP contribution in [0.5, 0.6) is 0 Å². The van der Waals surface area contributed by atoms with E-state index in [1.54, 1.807) is 16.9 Å². The van der Waals surface area contributed by atoms with Crippen LogP contribution in [0.25, 0.3) is 0 Å². The van der Waals surface area contributed by atoms with Crippen molar-refractivity contribution in [3.8, 4) is 0 Å². The number of halogens is 1. The summed E-state index contributed by atoms with van der Waals surface area (Å²) in [6, 6.07) is 12.3. The molecule has 24 heavy (non-hydrogen) atoms. The molecule has 2 aromatic heterocycles. The summed E-state index contributed by atoms with van der Waals surface area (Å²) in [6.45, 7) is 0.524. The van der Waals surface area contributed by atoms with E-state index < -0.39 is 5.91 Å². The number of nitrogens with zero attached hydrogens (tertiary/aromatic N) is 4. The maximum Gasteiger partial charge on any atom is 0.277 e. The average molecular weight is 388 g/mol.